The monoisotopic (exact) mass is 840 g/mol. The van der Waals surface area contributed by atoms with Crippen LogP contribution in [0.1, 0.15) is 39.2 Å². The van der Waals surface area contributed by atoms with Crippen molar-refractivity contribution in [1.82, 2.24) is 9.97 Å². The first kappa shape index (κ1) is 42.7. The third-order valence-corrected chi connectivity index (χ3v) is 7.48. The second-order valence-corrected chi connectivity index (χ2v) is 11.6. The fraction of sp³-hybridized carbons (Fsp3) is 0.206. The number of nitro groups is 1. The van der Waals surface area contributed by atoms with E-state index in [4.69, 9.17) is 18.9 Å². The zero-order valence-electron chi connectivity index (χ0n) is 28.2. The number of hydrogen-bond acceptors (Lipinski definition) is 9. The van der Waals surface area contributed by atoms with Gasteiger partial charge in [-0.15, -0.1) is 0 Å². The second-order valence-electron chi connectivity index (χ2n) is 11.6. The zero-order chi connectivity index (χ0) is 42.8. The number of ether oxygens (including phenoxy) is 4. The van der Waals surface area contributed by atoms with Crippen molar-refractivity contribution in [3.8, 4) is 23.0 Å². The van der Waals surface area contributed by atoms with Crippen molar-refractivity contribution in [3.63, 3.8) is 0 Å². The van der Waals surface area contributed by atoms with E-state index in [9.17, 15) is 72.4 Å². The van der Waals surface area contributed by atoms with Crippen molar-refractivity contribution in [1.29, 1.82) is 0 Å². The van der Waals surface area contributed by atoms with Crippen molar-refractivity contribution in [3.05, 3.63) is 111 Å². The van der Waals surface area contributed by atoms with E-state index in [0.717, 1.165) is 11.4 Å². The standard InChI is InChI=1S/C18H12F6N2O3.C16H8F6N2O5/c19-17(20,21)12-7-11(8-13-14(12)26-16(25-13)18(22,23)24)29-10-3-1-9(2-4-10)15-27-5-6-28-15;17-15(18,19)11-5-10(29-9-3-1-8(7-25)2-4-9)6-12(24(27)28)13(11)23-14(26)16(20,21)22/h1-4,7-8,15H,5-6H2,(H,25,26);1-7H,(H,23,26). The van der Waals surface area contributed by atoms with Crippen LogP contribution in [0.15, 0.2) is 72.8 Å². The number of alkyl halides is 12. The van der Waals surface area contributed by atoms with Crippen LogP contribution in [0.4, 0.5) is 64.1 Å². The van der Waals surface area contributed by atoms with E-state index < -0.39 is 86.9 Å². The van der Waals surface area contributed by atoms with Gasteiger partial charge in [-0.05, 0) is 48.5 Å². The number of anilines is 1. The molecule has 0 aliphatic carbocycles. The summed E-state index contributed by atoms with van der Waals surface area (Å²) >= 11 is 0. The minimum atomic E-state index is -5.58. The Morgan fingerprint density at radius 2 is 1.28 bits per heavy atom. The number of aromatic nitrogens is 2. The van der Waals surface area contributed by atoms with Crippen LogP contribution in [0.3, 0.4) is 0 Å². The van der Waals surface area contributed by atoms with Gasteiger partial charge in [-0.3, -0.25) is 19.7 Å². The lowest BCUT2D eigenvalue weighted by atomic mass is 10.1. The maximum absolute atomic E-state index is 13.3. The Morgan fingerprint density at radius 1 is 0.759 bits per heavy atom. The summed E-state index contributed by atoms with van der Waals surface area (Å²) in [6.07, 6.45) is -20.8. The van der Waals surface area contributed by atoms with Crippen LogP contribution < -0.4 is 14.8 Å². The average Bonchev–Trinajstić information content (AvgIpc) is 3.83. The topological polar surface area (TPSA) is 155 Å². The predicted octanol–water partition coefficient (Wildman–Crippen LogP) is 10.2. The Labute approximate surface area is 314 Å². The molecule has 24 heteroatoms. The lowest BCUT2D eigenvalue weighted by molar-refractivity contribution is -0.384. The average molecular weight is 841 g/mol. The Morgan fingerprint density at radius 3 is 1.76 bits per heavy atom. The van der Waals surface area contributed by atoms with E-state index in [0.29, 0.717) is 37.2 Å². The highest BCUT2D eigenvalue weighted by Gasteiger charge is 2.44. The van der Waals surface area contributed by atoms with Gasteiger partial charge in [0.15, 0.2) is 6.29 Å². The Balaban J connectivity index is 0.000000221. The summed E-state index contributed by atoms with van der Waals surface area (Å²) in [6, 6.07) is 13.4. The molecule has 1 fully saturated rings. The smallest absolute Gasteiger partial charge is 0.457 e. The van der Waals surface area contributed by atoms with Crippen LogP contribution >= 0.6 is 0 Å². The highest BCUT2D eigenvalue weighted by Crippen LogP contribution is 2.44. The SMILES string of the molecule is FC(F)(F)c1nc2c(C(F)(F)F)cc(Oc3ccc(C4OCCO4)cc3)cc2[nH]1.O=Cc1ccc(Oc2cc([N+](=O)[O-])c(NC(=O)C(F)(F)F)c(C(F)(F)F)c2)cc1. The molecule has 308 valence electrons. The third kappa shape index (κ3) is 10.3. The van der Waals surface area contributed by atoms with Crippen molar-refractivity contribution >= 4 is 34.6 Å². The second kappa shape index (κ2) is 16.2. The number of aldehydes is 1. The fourth-order valence-corrected chi connectivity index (χ4v) is 4.97. The number of carbonyl (C=O) groups is 2. The quantitative estimate of drug-likeness (QED) is 0.0672. The summed E-state index contributed by atoms with van der Waals surface area (Å²) in [4.78, 5) is 36.3. The first-order valence-corrected chi connectivity index (χ1v) is 15.6. The van der Waals surface area contributed by atoms with Crippen LogP contribution in [-0.4, -0.2) is 46.5 Å². The van der Waals surface area contributed by atoms with Gasteiger partial charge in [-0.25, -0.2) is 4.98 Å². The number of imidazole rings is 1. The summed E-state index contributed by atoms with van der Waals surface area (Å²) in [7, 11) is 0. The molecule has 0 saturated carbocycles. The number of nitro benzene ring substituents is 1. The predicted molar refractivity (Wildman–Crippen MR) is 172 cm³/mol. The van der Waals surface area contributed by atoms with Gasteiger partial charge in [0, 0.05) is 17.2 Å². The Hall–Kier alpha value is -6.43. The largest absolute Gasteiger partial charge is 0.471 e. The summed E-state index contributed by atoms with van der Waals surface area (Å²) in [5, 5.41) is 12.0. The number of hydrogen-bond donors (Lipinski definition) is 2. The Bertz CT molecular complexity index is 2300. The number of rotatable bonds is 8. The molecule has 1 aliphatic heterocycles. The summed E-state index contributed by atoms with van der Waals surface area (Å²) < 4.78 is 177. The molecule has 12 nitrogen and oxygen atoms in total. The third-order valence-electron chi connectivity index (χ3n) is 7.48. The van der Waals surface area contributed by atoms with Gasteiger partial charge in [0.1, 0.15) is 40.5 Å². The number of benzene rings is 4. The van der Waals surface area contributed by atoms with Gasteiger partial charge in [-0.2, -0.15) is 52.7 Å². The van der Waals surface area contributed by atoms with E-state index in [-0.39, 0.29) is 28.9 Å². The molecule has 1 amide bonds. The van der Waals surface area contributed by atoms with E-state index >= 15 is 0 Å². The molecule has 0 spiro atoms. The minimum Gasteiger partial charge on any atom is -0.457 e. The van der Waals surface area contributed by atoms with Gasteiger partial charge in [0.05, 0.1) is 40.8 Å². The number of carbonyl (C=O) groups excluding carboxylic acids is 2. The van der Waals surface area contributed by atoms with E-state index in [2.05, 4.69) is 4.98 Å². The molecular formula is C34H20F12N4O8. The first-order valence-electron chi connectivity index (χ1n) is 15.6. The minimum absolute atomic E-state index is 0.106. The lowest BCUT2D eigenvalue weighted by Gasteiger charge is -2.16. The number of halogens is 12. The number of nitrogens with zero attached hydrogens (tertiary/aromatic N) is 2. The zero-order valence-corrected chi connectivity index (χ0v) is 28.2. The molecule has 0 atom stereocenters. The fourth-order valence-electron chi connectivity index (χ4n) is 4.97. The molecule has 1 aliphatic rings. The molecule has 1 aromatic heterocycles. The number of aromatic amines is 1. The molecule has 2 heterocycles. The van der Waals surface area contributed by atoms with Gasteiger partial charge >= 0.3 is 30.6 Å². The van der Waals surface area contributed by atoms with Gasteiger partial charge < -0.3 is 29.2 Å². The molecule has 0 unspecified atom stereocenters. The molecule has 1 saturated heterocycles. The number of fused-ring (bicyclic) bond motifs is 1. The van der Waals surface area contributed by atoms with Crippen LogP contribution in [0.25, 0.3) is 11.0 Å². The molecule has 4 aromatic carbocycles. The van der Waals surface area contributed by atoms with Gasteiger partial charge in [0.25, 0.3) is 5.69 Å². The van der Waals surface area contributed by atoms with Crippen LogP contribution in [0.2, 0.25) is 0 Å². The highest BCUT2D eigenvalue weighted by atomic mass is 19.4. The summed E-state index contributed by atoms with van der Waals surface area (Å²) in [6.45, 7) is 0.903. The normalized spacial score (nSPS) is 13.8. The van der Waals surface area contributed by atoms with Crippen LogP contribution in [0.5, 0.6) is 23.0 Å². The lowest BCUT2D eigenvalue weighted by Crippen LogP contribution is -2.31. The summed E-state index contributed by atoms with van der Waals surface area (Å²) in [5.74, 6) is -5.27. The first-order chi connectivity index (χ1) is 26.9. The molecule has 6 rings (SSSR count). The molecule has 2 N–H and O–H groups in total. The highest BCUT2D eigenvalue weighted by molar-refractivity contribution is 5.98. The van der Waals surface area contributed by atoms with Crippen LogP contribution in [0, 0.1) is 10.1 Å². The van der Waals surface area contributed by atoms with Gasteiger partial charge in [0.2, 0.25) is 5.82 Å². The van der Waals surface area contributed by atoms with E-state index in [1.807, 2.05) is 4.98 Å². The maximum atomic E-state index is 13.3. The van der Waals surface area contributed by atoms with Crippen molar-refractivity contribution in [2.24, 2.45) is 0 Å². The molecule has 0 bridgehead atoms. The molecule has 58 heavy (non-hydrogen) atoms. The molecular weight excluding hydrogens is 820 g/mol. The Kier molecular flexibility index (Phi) is 11.9. The number of nitrogens with one attached hydrogen (secondary N) is 2. The number of amides is 1. The number of H-pyrrole nitrogens is 1. The van der Waals surface area contributed by atoms with E-state index in [1.165, 1.54) is 36.4 Å². The van der Waals surface area contributed by atoms with Crippen LogP contribution in [-0.2, 0) is 32.8 Å². The van der Waals surface area contributed by atoms with E-state index in [1.54, 1.807) is 12.1 Å². The van der Waals surface area contributed by atoms with Gasteiger partial charge in [-0.1, -0.05) is 12.1 Å². The van der Waals surface area contributed by atoms with Crippen molar-refractivity contribution < 1.29 is 86.1 Å². The molecule has 5 aromatic rings. The molecule has 0 radical (unpaired) electrons. The summed E-state index contributed by atoms with van der Waals surface area (Å²) in [5.41, 5.74) is -6.74. The maximum Gasteiger partial charge on any atom is 0.471 e. The van der Waals surface area contributed by atoms with Crippen molar-refractivity contribution in [2.45, 2.75) is 31.0 Å². The van der Waals surface area contributed by atoms with Crippen molar-refractivity contribution in [2.75, 3.05) is 18.5 Å².